The van der Waals surface area contributed by atoms with Crippen molar-refractivity contribution < 1.29 is 4.42 Å². The van der Waals surface area contributed by atoms with Crippen molar-refractivity contribution in [3.63, 3.8) is 0 Å². The van der Waals surface area contributed by atoms with Crippen molar-refractivity contribution in [3.8, 4) is 33.4 Å². The third-order valence-corrected chi connectivity index (χ3v) is 9.21. The third kappa shape index (κ3) is 4.92. The second-order valence-corrected chi connectivity index (χ2v) is 12.2. The molecule has 0 saturated heterocycles. The number of anilines is 3. The molecule has 9 rings (SSSR count). The molecule has 9 aromatic rings. The Balaban J connectivity index is 1.25. The Kier molecular flexibility index (Phi) is 6.84. The van der Waals surface area contributed by atoms with E-state index in [-0.39, 0.29) is 0 Å². The van der Waals surface area contributed by atoms with E-state index < -0.39 is 0 Å². The van der Waals surface area contributed by atoms with E-state index >= 15 is 0 Å². The Hall–Kier alpha value is -6.38. The molecular formula is C46H31NO. The lowest BCUT2D eigenvalue weighted by molar-refractivity contribution is 0.673. The fourth-order valence-electron chi connectivity index (χ4n) is 6.97. The van der Waals surface area contributed by atoms with Gasteiger partial charge in [-0.1, -0.05) is 133 Å². The van der Waals surface area contributed by atoms with Crippen LogP contribution in [0.2, 0.25) is 0 Å². The molecule has 8 aromatic carbocycles. The topological polar surface area (TPSA) is 16.4 Å². The fourth-order valence-corrected chi connectivity index (χ4v) is 6.97. The number of furan rings is 1. The summed E-state index contributed by atoms with van der Waals surface area (Å²) in [6.45, 7) is 0. The number of benzene rings is 8. The summed E-state index contributed by atoms with van der Waals surface area (Å²) in [5, 5.41) is 4.58. The lowest BCUT2D eigenvalue weighted by Crippen LogP contribution is -2.10. The van der Waals surface area contributed by atoms with Gasteiger partial charge in [-0.3, -0.25) is 0 Å². The summed E-state index contributed by atoms with van der Waals surface area (Å²) in [6, 6.07) is 66.9. The normalized spacial score (nSPS) is 11.3. The zero-order chi connectivity index (χ0) is 31.9. The molecule has 0 bridgehead atoms. The highest BCUT2D eigenvalue weighted by atomic mass is 16.3. The van der Waals surface area contributed by atoms with Crippen LogP contribution >= 0.6 is 0 Å². The standard InChI is InChI=1S/C46H31NO/c1-4-14-32(15-5-1)36-28-37(33-16-6-2-7-17-33)31-40(30-36)47(38-20-8-3-9-21-38)39-22-12-19-35(29-39)41-24-13-25-44-45(41)43-27-26-34-18-10-11-23-42(34)46(43)48-44/h1-31H. The maximum absolute atomic E-state index is 6.54. The third-order valence-electron chi connectivity index (χ3n) is 9.21. The minimum Gasteiger partial charge on any atom is -0.455 e. The quantitative estimate of drug-likeness (QED) is 0.185. The molecule has 0 aliphatic heterocycles. The van der Waals surface area contributed by atoms with Crippen molar-refractivity contribution in [3.05, 3.63) is 188 Å². The Morgan fingerprint density at radius 1 is 0.354 bits per heavy atom. The summed E-state index contributed by atoms with van der Waals surface area (Å²) in [7, 11) is 0. The summed E-state index contributed by atoms with van der Waals surface area (Å²) < 4.78 is 6.54. The van der Waals surface area contributed by atoms with Crippen LogP contribution in [0.4, 0.5) is 17.1 Å². The van der Waals surface area contributed by atoms with Crippen molar-refractivity contribution in [1.29, 1.82) is 0 Å². The molecule has 226 valence electrons. The SMILES string of the molecule is c1ccc(-c2cc(-c3ccccc3)cc(N(c3ccccc3)c3cccc(-c4cccc5oc6c7ccccc7ccc6c45)c3)c2)cc1. The van der Waals surface area contributed by atoms with Gasteiger partial charge in [-0.2, -0.15) is 0 Å². The molecule has 0 unspecified atom stereocenters. The Labute approximate surface area is 279 Å². The monoisotopic (exact) mass is 613 g/mol. The van der Waals surface area contributed by atoms with E-state index in [0.717, 1.165) is 55.5 Å². The summed E-state index contributed by atoms with van der Waals surface area (Å²) in [5.74, 6) is 0. The highest BCUT2D eigenvalue weighted by Crippen LogP contribution is 2.43. The van der Waals surface area contributed by atoms with Crippen LogP contribution < -0.4 is 4.90 Å². The number of hydrogen-bond donors (Lipinski definition) is 0. The van der Waals surface area contributed by atoms with Gasteiger partial charge in [0.15, 0.2) is 0 Å². The molecule has 2 nitrogen and oxygen atoms in total. The van der Waals surface area contributed by atoms with E-state index in [9.17, 15) is 0 Å². The average Bonchev–Trinajstić information content (AvgIpc) is 3.56. The van der Waals surface area contributed by atoms with Gasteiger partial charge in [0.1, 0.15) is 11.2 Å². The summed E-state index contributed by atoms with van der Waals surface area (Å²) >= 11 is 0. The van der Waals surface area contributed by atoms with Crippen LogP contribution in [0.15, 0.2) is 192 Å². The molecule has 0 fully saturated rings. The van der Waals surface area contributed by atoms with Crippen LogP contribution in [-0.4, -0.2) is 0 Å². The van der Waals surface area contributed by atoms with Crippen molar-refractivity contribution in [2.24, 2.45) is 0 Å². The van der Waals surface area contributed by atoms with Crippen LogP contribution in [0.25, 0.3) is 66.1 Å². The van der Waals surface area contributed by atoms with Gasteiger partial charge in [-0.05, 0) is 93.4 Å². The molecule has 1 aromatic heterocycles. The zero-order valence-corrected chi connectivity index (χ0v) is 26.3. The van der Waals surface area contributed by atoms with Crippen LogP contribution in [0.5, 0.6) is 0 Å². The van der Waals surface area contributed by atoms with Gasteiger partial charge in [-0.25, -0.2) is 0 Å². The Bertz CT molecular complexity index is 2490. The second kappa shape index (κ2) is 11.8. The minimum absolute atomic E-state index is 0.896. The smallest absolute Gasteiger partial charge is 0.143 e. The summed E-state index contributed by atoms with van der Waals surface area (Å²) in [4.78, 5) is 2.36. The van der Waals surface area contributed by atoms with Gasteiger partial charge in [-0.15, -0.1) is 0 Å². The van der Waals surface area contributed by atoms with Crippen LogP contribution in [-0.2, 0) is 0 Å². The molecular weight excluding hydrogens is 583 g/mol. The highest BCUT2D eigenvalue weighted by Gasteiger charge is 2.18. The first-order valence-corrected chi connectivity index (χ1v) is 16.3. The van der Waals surface area contributed by atoms with E-state index in [2.05, 4.69) is 193 Å². The largest absolute Gasteiger partial charge is 0.455 e. The zero-order valence-electron chi connectivity index (χ0n) is 26.3. The molecule has 2 heteroatoms. The molecule has 0 amide bonds. The molecule has 0 aliphatic carbocycles. The van der Waals surface area contributed by atoms with E-state index in [1.54, 1.807) is 0 Å². The van der Waals surface area contributed by atoms with Gasteiger partial charge in [0.2, 0.25) is 0 Å². The van der Waals surface area contributed by atoms with E-state index in [4.69, 9.17) is 4.42 Å². The molecule has 0 N–H and O–H groups in total. The highest BCUT2D eigenvalue weighted by molar-refractivity contribution is 6.19. The molecule has 0 atom stereocenters. The predicted octanol–water partition coefficient (Wildman–Crippen LogP) is 13.2. The number of para-hydroxylation sites is 1. The molecule has 48 heavy (non-hydrogen) atoms. The first-order valence-electron chi connectivity index (χ1n) is 16.3. The average molecular weight is 614 g/mol. The van der Waals surface area contributed by atoms with Crippen molar-refractivity contribution >= 4 is 49.8 Å². The molecule has 0 spiro atoms. The van der Waals surface area contributed by atoms with Crippen molar-refractivity contribution in [2.75, 3.05) is 4.90 Å². The minimum atomic E-state index is 0.896. The first-order chi connectivity index (χ1) is 23.8. The summed E-state index contributed by atoms with van der Waals surface area (Å²) in [5.41, 5.74) is 12.1. The van der Waals surface area contributed by atoms with Crippen molar-refractivity contribution in [1.82, 2.24) is 0 Å². The van der Waals surface area contributed by atoms with Crippen LogP contribution in [0, 0.1) is 0 Å². The van der Waals surface area contributed by atoms with Gasteiger partial charge in [0.05, 0.1) is 0 Å². The maximum atomic E-state index is 6.54. The van der Waals surface area contributed by atoms with Crippen LogP contribution in [0.1, 0.15) is 0 Å². The molecule has 1 heterocycles. The van der Waals surface area contributed by atoms with Gasteiger partial charge >= 0.3 is 0 Å². The Morgan fingerprint density at radius 2 is 0.938 bits per heavy atom. The van der Waals surface area contributed by atoms with E-state index in [1.807, 2.05) is 0 Å². The second-order valence-electron chi connectivity index (χ2n) is 12.2. The fraction of sp³-hybridized carbons (Fsp3) is 0. The lowest BCUT2D eigenvalue weighted by atomic mass is 9.96. The first kappa shape index (κ1) is 27.9. The van der Waals surface area contributed by atoms with Crippen LogP contribution in [0.3, 0.4) is 0 Å². The number of nitrogens with zero attached hydrogens (tertiary/aromatic N) is 1. The van der Waals surface area contributed by atoms with E-state index in [0.29, 0.717) is 0 Å². The number of fused-ring (bicyclic) bond motifs is 5. The van der Waals surface area contributed by atoms with Gasteiger partial charge < -0.3 is 9.32 Å². The lowest BCUT2D eigenvalue weighted by Gasteiger charge is -2.27. The predicted molar refractivity (Wildman–Crippen MR) is 202 cm³/mol. The van der Waals surface area contributed by atoms with E-state index in [1.165, 1.54) is 27.6 Å². The molecule has 0 radical (unpaired) electrons. The molecule has 0 aliphatic rings. The van der Waals surface area contributed by atoms with Gasteiger partial charge in [0, 0.05) is 33.2 Å². The number of hydrogen-bond acceptors (Lipinski definition) is 2. The van der Waals surface area contributed by atoms with Crippen molar-refractivity contribution in [2.45, 2.75) is 0 Å². The maximum Gasteiger partial charge on any atom is 0.143 e. The molecule has 0 saturated carbocycles. The van der Waals surface area contributed by atoms with Gasteiger partial charge in [0.25, 0.3) is 0 Å². The Morgan fingerprint density at radius 3 is 1.67 bits per heavy atom. The number of rotatable bonds is 6. The summed E-state index contributed by atoms with van der Waals surface area (Å²) in [6.07, 6.45) is 0.